The molecule has 0 amide bonds. The minimum Gasteiger partial charge on any atom is -0.399 e. The van der Waals surface area contributed by atoms with Crippen molar-refractivity contribution in [3.8, 4) is 0 Å². The quantitative estimate of drug-likeness (QED) is 0.750. The maximum Gasteiger partial charge on any atom is 0.497 e. The van der Waals surface area contributed by atoms with Gasteiger partial charge in [-0.25, -0.2) is 0 Å². The van der Waals surface area contributed by atoms with E-state index in [0.717, 1.165) is 0 Å². The molecule has 1 aromatic heterocycles. The molecule has 3 rings (SSSR count). The lowest BCUT2D eigenvalue weighted by atomic mass is 9.77. The molecule has 104 valence electrons. The number of fused-ring (bicyclic) bond motifs is 1. The van der Waals surface area contributed by atoms with E-state index in [-0.39, 0.29) is 16.5 Å². The van der Waals surface area contributed by atoms with Gasteiger partial charge >= 0.3 is 7.12 Å². The van der Waals surface area contributed by atoms with Gasteiger partial charge in [0.2, 0.25) is 0 Å². The van der Waals surface area contributed by atoms with E-state index in [0.29, 0.717) is 0 Å². The Bertz CT molecular complexity index is 930. The van der Waals surface area contributed by atoms with Crippen LogP contribution in [0.5, 0.6) is 0 Å². The number of benzene rings is 1. The van der Waals surface area contributed by atoms with Crippen LogP contribution in [0.1, 0.15) is 42.9 Å². The van der Waals surface area contributed by atoms with E-state index in [1.165, 1.54) is 0 Å². The second-order valence-corrected chi connectivity index (χ2v) is 5.77. The molecule has 0 radical (unpaired) electrons. The van der Waals surface area contributed by atoms with Gasteiger partial charge in [-0.1, -0.05) is 12.1 Å². The first-order valence-electron chi connectivity index (χ1n) is 9.81. The summed E-state index contributed by atoms with van der Waals surface area (Å²) in [6.07, 6.45) is -0.973. The van der Waals surface area contributed by atoms with Crippen molar-refractivity contribution in [1.29, 1.82) is 0 Å². The fourth-order valence-electron chi connectivity index (χ4n) is 2.01. The SMILES string of the molecule is [2H]c1nc2c(B3OC(C)(C)C(C)(C)O3)c([2H])c([2H])c(C([2H])([2H])[2H])c2nc1[2H]. The van der Waals surface area contributed by atoms with Crippen LogP contribution in [0.2, 0.25) is 0 Å². The van der Waals surface area contributed by atoms with Crippen molar-refractivity contribution < 1.29 is 18.9 Å². The van der Waals surface area contributed by atoms with Gasteiger partial charge in [-0.05, 0) is 40.1 Å². The van der Waals surface area contributed by atoms with E-state index in [4.69, 9.17) is 18.9 Å². The van der Waals surface area contributed by atoms with Crippen molar-refractivity contribution in [3.63, 3.8) is 0 Å². The Labute approximate surface area is 129 Å². The lowest BCUT2D eigenvalue weighted by Gasteiger charge is -2.32. The summed E-state index contributed by atoms with van der Waals surface area (Å²) in [7, 11) is -1.08. The standard InChI is InChI=1S/C15H19BN2O2/c1-10-6-7-11(13-12(10)17-8-9-18-13)16-19-14(2,3)15(4,5)20-16/h6-9H,1-5H3/i1D3,6D,7D,8D,9D. The highest BCUT2D eigenvalue weighted by Gasteiger charge is 2.52. The van der Waals surface area contributed by atoms with Crippen LogP contribution in [0.25, 0.3) is 11.0 Å². The molecule has 0 spiro atoms. The van der Waals surface area contributed by atoms with Crippen LogP contribution in [-0.2, 0) is 9.31 Å². The second-order valence-electron chi connectivity index (χ2n) is 5.77. The molecule has 1 aliphatic heterocycles. The minimum atomic E-state index is -2.73. The average Bonchev–Trinajstić information content (AvgIpc) is 2.69. The molecule has 0 aliphatic carbocycles. The molecule has 20 heavy (non-hydrogen) atoms. The summed E-state index contributed by atoms with van der Waals surface area (Å²) in [6, 6.07) is -0.947. The minimum absolute atomic E-state index is 0.0441. The first-order chi connectivity index (χ1) is 12.2. The molecule has 1 saturated heterocycles. The molecule has 0 saturated carbocycles. The Kier molecular flexibility index (Phi) is 1.61. The summed E-state index contributed by atoms with van der Waals surface area (Å²) < 4.78 is 67.1. The fraction of sp³-hybridized carbons (Fsp3) is 0.467. The van der Waals surface area contributed by atoms with Crippen LogP contribution < -0.4 is 5.46 Å². The molecule has 0 atom stereocenters. The van der Waals surface area contributed by atoms with Crippen molar-refractivity contribution >= 4 is 23.6 Å². The van der Waals surface area contributed by atoms with Crippen LogP contribution in [-0.4, -0.2) is 28.3 Å². The van der Waals surface area contributed by atoms with E-state index in [9.17, 15) is 0 Å². The summed E-state index contributed by atoms with van der Waals surface area (Å²) in [5, 5.41) is 0. The third-order valence-corrected chi connectivity index (χ3v) is 3.91. The highest BCUT2D eigenvalue weighted by atomic mass is 16.7. The molecular weight excluding hydrogens is 251 g/mol. The van der Waals surface area contributed by atoms with Crippen LogP contribution in [0.15, 0.2) is 24.4 Å². The zero-order valence-electron chi connectivity index (χ0n) is 18.8. The van der Waals surface area contributed by atoms with Crippen molar-refractivity contribution in [2.24, 2.45) is 0 Å². The monoisotopic (exact) mass is 277 g/mol. The zero-order chi connectivity index (χ0) is 20.5. The molecule has 1 aromatic carbocycles. The van der Waals surface area contributed by atoms with Gasteiger partial charge in [0.15, 0.2) is 0 Å². The first-order valence-corrected chi connectivity index (χ1v) is 6.31. The largest absolute Gasteiger partial charge is 0.497 e. The van der Waals surface area contributed by atoms with E-state index < -0.39 is 55.2 Å². The Morgan fingerprint density at radius 3 is 2.25 bits per heavy atom. The molecule has 5 heteroatoms. The van der Waals surface area contributed by atoms with Gasteiger partial charge < -0.3 is 9.31 Å². The van der Waals surface area contributed by atoms with Crippen molar-refractivity contribution in [2.45, 2.75) is 45.7 Å². The number of hydrogen-bond acceptors (Lipinski definition) is 4. The Hall–Kier alpha value is -1.46. The van der Waals surface area contributed by atoms with Crippen molar-refractivity contribution in [1.82, 2.24) is 9.97 Å². The molecule has 0 bridgehead atoms. The molecule has 0 unspecified atom stereocenters. The average molecular weight is 277 g/mol. The predicted octanol–water partition coefficient (Wildman–Crippen LogP) is 2.24. The Morgan fingerprint density at radius 1 is 1.05 bits per heavy atom. The summed E-state index contributed by atoms with van der Waals surface area (Å²) in [4.78, 5) is 7.89. The Morgan fingerprint density at radius 2 is 1.65 bits per heavy atom. The molecule has 4 nitrogen and oxygen atoms in total. The maximum absolute atomic E-state index is 8.37. The van der Waals surface area contributed by atoms with Crippen molar-refractivity contribution in [2.75, 3.05) is 0 Å². The van der Waals surface area contributed by atoms with Crippen LogP contribution in [0.3, 0.4) is 0 Å². The van der Waals surface area contributed by atoms with Gasteiger partial charge in [-0.3, -0.25) is 9.97 Å². The lowest BCUT2D eigenvalue weighted by Crippen LogP contribution is -2.41. The fourth-order valence-corrected chi connectivity index (χ4v) is 2.01. The van der Waals surface area contributed by atoms with Crippen LogP contribution in [0.4, 0.5) is 0 Å². The van der Waals surface area contributed by atoms with E-state index in [1.807, 2.05) is 27.7 Å². The molecular formula is C15H19BN2O2. The number of hydrogen-bond donors (Lipinski definition) is 0. The molecule has 1 aliphatic rings. The number of rotatable bonds is 1. The molecule has 2 aromatic rings. The lowest BCUT2D eigenvalue weighted by molar-refractivity contribution is 0.00578. The van der Waals surface area contributed by atoms with E-state index >= 15 is 0 Å². The summed E-state index contributed by atoms with van der Waals surface area (Å²) in [5.41, 5.74) is -2.16. The predicted molar refractivity (Wildman–Crippen MR) is 80.0 cm³/mol. The molecule has 1 fully saturated rings. The van der Waals surface area contributed by atoms with Gasteiger partial charge in [-0.15, -0.1) is 0 Å². The van der Waals surface area contributed by atoms with Crippen LogP contribution >= 0.6 is 0 Å². The molecule has 0 N–H and O–H groups in total. The number of nitrogens with zero attached hydrogens (tertiary/aromatic N) is 2. The second kappa shape index (κ2) is 4.27. The van der Waals surface area contributed by atoms with Gasteiger partial charge in [0.25, 0.3) is 0 Å². The van der Waals surface area contributed by atoms with E-state index in [2.05, 4.69) is 9.97 Å². The smallest absolute Gasteiger partial charge is 0.399 e. The summed E-state index contributed by atoms with van der Waals surface area (Å²) >= 11 is 0. The zero-order valence-corrected chi connectivity index (χ0v) is 11.8. The van der Waals surface area contributed by atoms with Gasteiger partial charge in [0.05, 0.1) is 27.7 Å². The third kappa shape index (κ3) is 1.93. The Balaban J connectivity index is 2.39. The topological polar surface area (TPSA) is 44.2 Å². The van der Waals surface area contributed by atoms with Gasteiger partial charge in [0, 0.05) is 21.9 Å². The van der Waals surface area contributed by atoms with Crippen LogP contribution in [0, 0.1) is 6.85 Å². The molecule has 2 heterocycles. The number of aromatic nitrogens is 2. The summed E-state index contributed by atoms with van der Waals surface area (Å²) in [5.74, 6) is 0. The van der Waals surface area contributed by atoms with Crippen molar-refractivity contribution in [3.05, 3.63) is 30.0 Å². The van der Waals surface area contributed by atoms with E-state index in [1.54, 1.807) is 0 Å². The third-order valence-electron chi connectivity index (χ3n) is 3.91. The normalized spacial score (nSPS) is 26.2. The highest BCUT2D eigenvalue weighted by molar-refractivity contribution is 6.64. The summed E-state index contributed by atoms with van der Waals surface area (Å²) in [6.45, 7) is 4.55. The maximum atomic E-state index is 8.37. The highest BCUT2D eigenvalue weighted by Crippen LogP contribution is 2.36. The van der Waals surface area contributed by atoms with Gasteiger partial charge in [-0.2, -0.15) is 0 Å². The number of aryl methyl sites for hydroxylation is 1. The van der Waals surface area contributed by atoms with Gasteiger partial charge in [0.1, 0.15) is 0 Å². The first kappa shape index (κ1) is 7.52.